The van der Waals surface area contributed by atoms with Gasteiger partial charge < -0.3 is 19.5 Å². The van der Waals surface area contributed by atoms with E-state index in [9.17, 15) is 23.5 Å². The third kappa shape index (κ3) is 5.00. The Labute approximate surface area is 220 Å². The van der Waals surface area contributed by atoms with Crippen molar-refractivity contribution in [1.82, 2.24) is 0 Å². The van der Waals surface area contributed by atoms with Gasteiger partial charge in [0.25, 0.3) is 5.91 Å². The first kappa shape index (κ1) is 27.3. The number of nitrogens with zero attached hydrogens (tertiary/aromatic N) is 1. The van der Waals surface area contributed by atoms with Crippen LogP contribution in [0, 0.1) is 25.5 Å². The molecule has 3 aromatic carbocycles. The van der Waals surface area contributed by atoms with Crippen LogP contribution in [0.4, 0.5) is 14.5 Å². The van der Waals surface area contributed by atoms with Crippen LogP contribution in [0.5, 0.6) is 5.75 Å². The molecule has 4 rings (SSSR count). The van der Waals surface area contributed by atoms with Crippen LogP contribution in [0.1, 0.15) is 59.5 Å². The van der Waals surface area contributed by atoms with Crippen molar-refractivity contribution in [3.8, 4) is 16.9 Å². The summed E-state index contributed by atoms with van der Waals surface area (Å²) in [5.41, 5.74) is 3.59. The van der Waals surface area contributed by atoms with E-state index in [0.29, 0.717) is 28.8 Å². The number of carbonyl (C=O) groups excluding carboxylic acids is 1. The summed E-state index contributed by atoms with van der Waals surface area (Å²) in [6.07, 6.45) is -0.874. The van der Waals surface area contributed by atoms with E-state index in [1.807, 2.05) is 31.2 Å². The lowest BCUT2D eigenvalue weighted by Gasteiger charge is -2.29. The van der Waals surface area contributed by atoms with Crippen molar-refractivity contribution in [1.29, 1.82) is 0 Å². The SMILES string of the molecule is COc1c(F)ccc(F)c1C(=O)N1CCc2c1cc(C)c(C(OC(C)(C)C)C(=O)O)c2-c1ccc(C)cc1. The Morgan fingerprint density at radius 2 is 1.66 bits per heavy atom. The molecule has 0 aromatic heterocycles. The Morgan fingerprint density at radius 1 is 1.03 bits per heavy atom. The molecule has 0 aliphatic carbocycles. The van der Waals surface area contributed by atoms with Crippen LogP contribution in [0.2, 0.25) is 0 Å². The Morgan fingerprint density at radius 3 is 2.24 bits per heavy atom. The maximum Gasteiger partial charge on any atom is 0.337 e. The molecule has 1 aliphatic heterocycles. The van der Waals surface area contributed by atoms with Gasteiger partial charge in [-0.3, -0.25) is 4.79 Å². The van der Waals surface area contributed by atoms with E-state index in [2.05, 4.69) is 0 Å². The molecule has 0 saturated heterocycles. The molecule has 1 amide bonds. The molecule has 38 heavy (non-hydrogen) atoms. The molecule has 0 bridgehead atoms. The number of carbonyl (C=O) groups is 2. The number of methoxy groups -OCH3 is 1. The summed E-state index contributed by atoms with van der Waals surface area (Å²) < 4.78 is 40.2. The molecule has 1 atom stereocenters. The highest BCUT2D eigenvalue weighted by atomic mass is 19.1. The number of fused-ring (bicyclic) bond motifs is 1. The first-order valence-corrected chi connectivity index (χ1v) is 12.3. The van der Waals surface area contributed by atoms with Gasteiger partial charge in [-0.2, -0.15) is 0 Å². The monoisotopic (exact) mass is 523 g/mol. The van der Waals surface area contributed by atoms with Gasteiger partial charge in [0.2, 0.25) is 0 Å². The fourth-order valence-corrected chi connectivity index (χ4v) is 4.95. The van der Waals surface area contributed by atoms with Crippen LogP contribution >= 0.6 is 0 Å². The van der Waals surface area contributed by atoms with Gasteiger partial charge in [-0.1, -0.05) is 29.8 Å². The van der Waals surface area contributed by atoms with Gasteiger partial charge in [-0.25, -0.2) is 13.6 Å². The first-order chi connectivity index (χ1) is 17.8. The zero-order valence-electron chi connectivity index (χ0n) is 22.3. The van der Waals surface area contributed by atoms with E-state index in [-0.39, 0.29) is 6.54 Å². The zero-order chi connectivity index (χ0) is 27.9. The van der Waals surface area contributed by atoms with Gasteiger partial charge in [-0.05, 0) is 81.5 Å². The van der Waals surface area contributed by atoms with Gasteiger partial charge in [0.1, 0.15) is 11.4 Å². The largest absolute Gasteiger partial charge is 0.493 e. The Bertz CT molecular complexity index is 1410. The maximum atomic E-state index is 14.8. The number of rotatable bonds is 6. The second-order valence-corrected chi connectivity index (χ2v) is 10.4. The highest BCUT2D eigenvalue weighted by molar-refractivity contribution is 6.10. The summed E-state index contributed by atoms with van der Waals surface area (Å²) >= 11 is 0. The van der Waals surface area contributed by atoms with Gasteiger partial charge in [0.15, 0.2) is 17.7 Å². The Hall–Kier alpha value is -3.78. The van der Waals surface area contributed by atoms with E-state index >= 15 is 0 Å². The molecule has 0 fully saturated rings. The van der Waals surface area contributed by atoms with Crippen molar-refractivity contribution in [2.45, 2.75) is 52.7 Å². The highest BCUT2D eigenvalue weighted by Gasteiger charge is 2.37. The number of hydrogen-bond acceptors (Lipinski definition) is 4. The Kier molecular flexibility index (Phi) is 7.30. The average molecular weight is 524 g/mol. The molecule has 0 radical (unpaired) electrons. The lowest BCUT2D eigenvalue weighted by molar-refractivity contribution is -0.160. The molecule has 8 heteroatoms. The lowest BCUT2D eigenvalue weighted by Crippen LogP contribution is -2.30. The Balaban J connectivity index is 1.95. The fourth-order valence-electron chi connectivity index (χ4n) is 4.95. The van der Waals surface area contributed by atoms with Crippen molar-refractivity contribution >= 4 is 17.6 Å². The zero-order valence-corrected chi connectivity index (χ0v) is 22.3. The van der Waals surface area contributed by atoms with Crippen molar-refractivity contribution in [2.75, 3.05) is 18.6 Å². The van der Waals surface area contributed by atoms with Crippen molar-refractivity contribution in [3.05, 3.63) is 81.9 Å². The summed E-state index contributed by atoms with van der Waals surface area (Å²) in [6.45, 7) is 9.29. The molecule has 200 valence electrons. The van der Waals surface area contributed by atoms with Crippen LogP contribution < -0.4 is 9.64 Å². The van der Waals surface area contributed by atoms with E-state index in [1.54, 1.807) is 33.8 Å². The topological polar surface area (TPSA) is 76.1 Å². The number of halogens is 2. The van der Waals surface area contributed by atoms with Gasteiger partial charge in [-0.15, -0.1) is 0 Å². The average Bonchev–Trinajstić information content (AvgIpc) is 3.26. The maximum absolute atomic E-state index is 14.8. The summed E-state index contributed by atoms with van der Waals surface area (Å²) in [6, 6.07) is 11.2. The number of benzene rings is 3. The quantitative estimate of drug-likeness (QED) is 0.405. The van der Waals surface area contributed by atoms with E-state index in [0.717, 1.165) is 28.8 Å². The van der Waals surface area contributed by atoms with Crippen LogP contribution in [0.3, 0.4) is 0 Å². The van der Waals surface area contributed by atoms with Crippen molar-refractivity contribution in [2.24, 2.45) is 0 Å². The number of hydrogen-bond donors (Lipinski definition) is 1. The predicted molar refractivity (Wildman–Crippen MR) is 141 cm³/mol. The van der Waals surface area contributed by atoms with E-state index in [1.165, 1.54) is 12.0 Å². The molecule has 1 heterocycles. The van der Waals surface area contributed by atoms with Crippen LogP contribution in [0.25, 0.3) is 11.1 Å². The molecular formula is C30H31F2NO5. The van der Waals surface area contributed by atoms with Crippen molar-refractivity contribution < 1.29 is 33.0 Å². The minimum Gasteiger partial charge on any atom is -0.493 e. The van der Waals surface area contributed by atoms with Crippen LogP contribution in [-0.4, -0.2) is 36.2 Å². The normalized spacial score (nSPS) is 13.8. The molecule has 1 unspecified atom stereocenters. The standard InChI is InChI=1S/C30H31F2NO5/c1-16-7-9-18(10-8-16)24-19-13-14-33(28(34)25-20(31)11-12-21(32)26(25)37-6)22(19)15-17(2)23(24)27(29(35)36)38-30(3,4)5/h7-12,15,27H,13-14H2,1-6H3,(H,35,36). The van der Waals surface area contributed by atoms with Gasteiger partial charge >= 0.3 is 5.97 Å². The second kappa shape index (κ2) is 10.2. The van der Waals surface area contributed by atoms with Crippen LogP contribution in [-0.2, 0) is 16.0 Å². The second-order valence-electron chi connectivity index (χ2n) is 10.4. The summed E-state index contributed by atoms with van der Waals surface area (Å²) in [4.78, 5) is 27.5. The van der Waals surface area contributed by atoms with Crippen LogP contribution in [0.15, 0.2) is 42.5 Å². The smallest absolute Gasteiger partial charge is 0.337 e. The van der Waals surface area contributed by atoms with Crippen molar-refractivity contribution in [3.63, 3.8) is 0 Å². The molecule has 6 nitrogen and oxygen atoms in total. The summed E-state index contributed by atoms with van der Waals surface area (Å²) in [5.74, 6) is -4.06. The lowest BCUT2D eigenvalue weighted by atomic mass is 9.86. The number of amides is 1. The minimum atomic E-state index is -1.26. The molecule has 0 spiro atoms. The third-order valence-electron chi connectivity index (χ3n) is 6.55. The highest BCUT2D eigenvalue weighted by Crippen LogP contribution is 2.45. The number of aliphatic carboxylic acids is 1. The molecule has 1 aliphatic rings. The predicted octanol–water partition coefficient (Wildman–Crippen LogP) is 6.40. The summed E-state index contributed by atoms with van der Waals surface area (Å²) in [7, 11) is 1.18. The van der Waals surface area contributed by atoms with E-state index < -0.39 is 46.5 Å². The first-order valence-electron chi connectivity index (χ1n) is 12.3. The number of carboxylic acids is 1. The molecule has 0 saturated carbocycles. The summed E-state index contributed by atoms with van der Waals surface area (Å²) in [5, 5.41) is 10.2. The number of ether oxygens (including phenoxy) is 2. The molecule has 1 N–H and O–H groups in total. The van der Waals surface area contributed by atoms with Gasteiger partial charge in [0, 0.05) is 17.8 Å². The fraction of sp³-hybridized carbons (Fsp3) is 0.333. The molecule has 3 aromatic rings. The minimum absolute atomic E-state index is 0.201. The van der Waals surface area contributed by atoms with Gasteiger partial charge in [0.05, 0.1) is 12.7 Å². The molecular weight excluding hydrogens is 492 g/mol. The third-order valence-corrected chi connectivity index (χ3v) is 6.55. The van der Waals surface area contributed by atoms with E-state index in [4.69, 9.17) is 9.47 Å². The number of carboxylic acid groups (broad SMARTS) is 1. The number of aryl methyl sites for hydroxylation is 2. The number of anilines is 1.